The number of furan rings is 1. The summed E-state index contributed by atoms with van der Waals surface area (Å²) in [6.07, 6.45) is 0. The lowest BCUT2D eigenvalue weighted by Gasteiger charge is -2.20. The molecule has 1 heterocycles. The number of aliphatic carboxylic acids is 1. The van der Waals surface area contributed by atoms with Gasteiger partial charge < -0.3 is 14.8 Å². The molecule has 5 nitrogen and oxygen atoms in total. The van der Waals surface area contributed by atoms with Gasteiger partial charge in [0.25, 0.3) is 5.91 Å². The minimum atomic E-state index is -1.32. The van der Waals surface area contributed by atoms with Crippen molar-refractivity contribution in [3.05, 3.63) is 23.2 Å². The van der Waals surface area contributed by atoms with E-state index in [-0.39, 0.29) is 5.76 Å². The molecule has 88 valence electrons. The first-order chi connectivity index (χ1) is 7.24. The van der Waals surface area contributed by atoms with Crippen LogP contribution in [0.5, 0.6) is 0 Å². The number of hydrogen-bond acceptors (Lipinski definition) is 3. The molecule has 0 saturated carbocycles. The van der Waals surface area contributed by atoms with Gasteiger partial charge >= 0.3 is 5.97 Å². The van der Waals surface area contributed by atoms with E-state index in [2.05, 4.69) is 5.32 Å². The Morgan fingerprint density at radius 2 is 1.94 bits per heavy atom. The Morgan fingerprint density at radius 3 is 2.31 bits per heavy atom. The third-order valence-corrected chi connectivity index (χ3v) is 2.21. The third-order valence-electron chi connectivity index (χ3n) is 2.21. The molecule has 0 aliphatic rings. The monoisotopic (exact) mass is 225 g/mol. The number of aryl methyl sites for hydroxylation is 2. The molecular formula is C11H15NO4. The second kappa shape index (κ2) is 4.00. The molecular weight excluding hydrogens is 210 g/mol. The van der Waals surface area contributed by atoms with Crippen molar-refractivity contribution in [2.75, 3.05) is 0 Å². The lowest BCUT2D eigenvalue weighted by Crippen LogP contribution is -2.49. The summed E-state index contributed by atoms with van der Waals surface area (Å²) in [7, 11) is 0. The Hall–Kier alpha value is -1.78. The molecule has 0 aliphatic heterocycles. The average molecular weight is 225 g/mol. The molecule has 5 heteroatoms. The maximum absolute atomic E-state index is 11.7. The summed E-state index contributed by atoms with van der Waals surface area (Å²) in [5.41, 5.74) is -0.624. The number of nitrogens with one attached hydrogen (secondary N) is 1. The zero-order chi connectivity index (χ0) is 12.5. The van der Waals surface area contributed by atoms with Gasteiger partial charge in [0.1, 0.15) is 11.3 Å². The Kier molecular flexibility index (Phi) is 3.07. The summed E-state index contributed by atoms with van der Waals surface area (Å²) in [6, 6.07) is 1.72. The molecule has 0 radical (unpaired) electrons. The highest BCUT2D eigenvalue weighted by molar-refractivity contribution is 5.96. The fourth-order valence-corrected chi connectivity index (χ4v) is 1.26. The molecule has 0 atom stereocenters. The fraction of sp³-hybridized carbons (Fsp3) is 0.455. The van der Waals surface area contributed by atoms with Crippen LogP contribution in [0.1, 0.15) is 35.7 Å². The molecule has 0 aromatic carbocycles. The molecule has 0 bridgehead atoms. The minimum absolute atomic E-state index is 0.159. The first-order valence-electron chi connectivity index (χ1n) is 4.87. The van der Waals surface area contributed by atoms with Crippen molar-refractivity contribution < 1.29 is 19.1 Å². The highest BCUT2D eigenvalue weighted by Crippen LogP contribution is 2.14. The molecule has 1 aromatic heterocycles. The highest BCUT2D eigenvalue weighted by Gasteiger charge is 2.30. The number of carbonyl (C=O) groups excluding carboxylic acids is 1. The lowest BCUT2D eigenvalue weighted by molar-refractivity contribution is -0.143. The molecule has 16 heavy (non-hydrogen) atoms. The van der Waals surface area contributed by atoms with Crippen LogP contribution in [0.2, 0.25) is 0 Å². The first kappa shape index (κ1) is 12.3. The van der Waals surface area contributed by atoms with Crippen LogP contribution < -0.4 is 5.32 Å². The van der Waals surface area contributed by atoms with Crippen LogP contribution in [0.4, 0.5) is 0 Å². The molecule has 0 spiro atoms. The first-order valence-corrected chi connectivity index (χ1v) is 4.87. The fourth-order valence-electron chi connectivity index (χ4n) is 1.26. The van der Waals surface area contributed by atoms with Gasteiger partial charge in [0.2, 0.25) is 0 Å². The van der Waals surface area contributed by atoms with E-state index in [0.717, 1.165) is 0 Å². The molecule has 0 fully saturated rings. The molecule has 1 rings (SSSR count). The summed E-state index contributed by atoms with van der Waals surface area (Å²) in [6.45, 7) is 6.29. The van der Waals surface area contributed by atoms with Crippen molar-refractivity contribution in [1.29, 1.82) is 0 Å². The Bertz CT molecular complexity index is 431. The number of amides is 1. The zero-order valence-electron chi connectivity index (χ0n) is 9.75. The molecule has 0 aliphatic carbocycles. The summed E-state index contributed by atoms with van der Waals surface area (Å²) in [4.78, 5) is 22.6. The second-order valence-corrected chi connectivity index (χ2v) is 4.25. The van der Waals surface area contributed by atoms with E-state index in [4.69, 9.17) is 9.52 Å². The van der Waals surface area contributed by atoms with Gasteiger partial charge in [-0.3, -0.25) is 4.79 Å². The van der Waals surface area contributed by atoms with Crippen LogP contribution in [0.15, 0.2) is 10.5 Å². The van der Waals surface area contributed by atoms with Crippen LogP contribution in [-0.4, -0.2) is 22.5 Å². The molecule has 0 unspecified atom stereocenters. The Labute approximate surface area is 93.4 Å². The third kappa shape index (κ3) is 2.42. The van der Waals surface area contributed by atoms with Gasteiger partial charge in [-0.15, -0.1) is 0 Å². The average Bonchev–Trinajstić information content (AvgIpc) is 2.44. The molecule has 2 N–H and O–H groups in total. The maximum Gasteiger partial charge on any atom is 0.328 e. The lowest BCUT2D eigenvalue weighted by atomic mass is 10.1. The van der Waals surface area contributed by atoms with Crippen molar-refractivity contribution in [1.82, 2.24) is 5.32 Å². The number of carbonyl (C=O) groups is 2. The standard InChI is InChI=1S/C11H15NO4/c1-6-5-7(2)16-8(6)9(13)12-11(3,4)10(14)15/h5H,1-4H3,(H,12,13)(H,14,15). The van der Waals surface area contributed by atoms with E-state index in [1.807, 2.05) is 0 Å². The maximum atomic E-state index is 11.7. The Morgan fingerprint density at radius 1 is 1.38 bits per heavy atom. The van der Waals surface area contributed by atoms with Crippen LogP contribution in [0.3, 0.4) is 0 Å². The number of carboxylic acid groups (broad SMARTS) is 1. The van der Waals surface area contributed by atoms with Gasteiger partial charge in [-0.05, 0) is 33.8 Å². The minimum Gasteiger partial charge on any atom is -0.480 e. The quantitative estimate of drug-likeness (QED) is 0.816. The van der Waals surface area contributed by atoms with Gasteiger partial charge in [-0.25, -0.2) is 4.79 Å². The van der Waals surface area contributed by atoms with Gasteiger partial charge in [0.15, 0.2) is 5.76 Å². The highest BCUT2D eigenvalue weighted by atomic mass is 16.4. The molecule has 1 aromatic rings. The number of rotatable bonds is 3. The summed E-state index contributed by atoms with van der Waals surface area (Å²) in [5.74, 6) is -0.831. The predicted molar refractivity (Wildman–Crippen MR) is 57.4 cm³/mol. The topological polar surface area (TPSA) is 79.5 Å². The van der Waals surface area contributed by atoms with Gasteiger partial charge in [-0.1, -0.05) is 0 Å². The molecule has 0 saturated heterocycles. The van der Waals surface area contributed by atoms with E-state index >= 15 is 0 Å². The van der Waals surface area contributed by atoms with E-state index in [0.29, 0.717) is 11.3 Å². The SMILES string of the molecule is Cc1cc(C)c(C(=O)NC(C)(C)C(=O)O)o1. The Balaban J connectivity index is 2.89. The van der Waals surface area contributed by atoms with Crippen molar-refractivity contribution in [2.45, 2.75) is 33.2 Å². The van der Waals surface area contributed by atoms with E-state index in [9.17, 15) is 9.59 Å². The van der Waals surface area contributed by atoms with E-state index in [1.54, 1.807) is 19.9 Å². The van der Waals surface area contributed by atoms with Crippen molar-refractivity contribution >= 4 is 11.9 Å². The van der Waals surface area contributed by atoms with E-state index in [1.165, 1.54) is 13.8 Å². The number of carboxylic acids is 1. The summed E-state index contributed by atoms with van der Waals surface area (Å²) in [5, 5.41) is 11.3. The largest absolute Gasteiger partial charge is 0.480 e. The second-order valence-electron chi connectivity index (χ2n) is 4.25. The van der Waals surface area contributed by atoms with Gasteiger partial charge in [0.05, 0.1) is 0 Å². The van der Waals surface area contributed by atoms with Gasteiger partial charge in [0, 0.05) is 5.56 Å². The smallest absolute Gasteiger partial charge is 0.328 e. The van der Waals surface area contributed by atoms with Crippen molar-refractivity contribution in [3.8, 4) is 0 Å². The summed E-state index contributed by atoms with van der Waals surface area (Å²) < 4.78 is 5.20. The van der Waals surface area contributed by atoms with Crippen LogP contribution in [0, 0.1) is 13.8 Å². The van der Waals surface area contributed by atoms with Crippen LogP contribution in [-0.2, 0) is 4.79 Å². The van der Waals surface area contributed by atoms with E-state index < -0.39 is 17.4 Å². The van der Waals surface area contributed by atoms with Crippen LogP contribution in [0.25, 0.3) is 0 Å². The normalized spacial score (nSPS) is 11.2. The predicted octanol–water partition coefficient (Wildman–Crippen LogP) is 1.49. The zero-order valence-corrected chi connectivity index (χ0v) is 9.75. The molecule has 1 amide bonds. The van der Waals surface area contributed by atoms with Crippen molar-refractivity contribution in [3.63, 3.8) is 0 Å². The van der Waals surface area contributed by atoms with Crippen LogP contribution >= 0.6 is 0 Å². The van der Waals surface area contributed by atoms with Crippen molar-refractivity contribution in [2.24, 2.45) is 0 Å². The van der Waals surface area contributed by atoms with Gasteiger partial charge in [-0.2, -0.15) is 0 Å². The number of hydrogen-bond donors (Lipinski definition) is 2. The summed E-state index contributed by atoms with van der Waals surface area (Å²) >= 11 is 0.